The number of aliphatic hydroxyl groups is 1. The van der Waals surface area contributed by atoms with Crippen molar-refractivity contribution in [3.05, 3.63) is 71.2 Å². The lowest BCUT2D eigenvalue weighted by Crippen LogP contribution is -2.48. The molecule has 0 saturated carbocycles. The van der Waals surface area contributed by atoms with E-state index >= 15 is 0 Å². The van der Waals surface area contributed by atoms with E-state index in [0.717, 1.165) is 12.0 Å². The van der Waals surface area contributed by atoms with E-state index in [9.17, 15) is 19.1 Å². The minimum atomic E-state index is -0.396. The smallest absolute Gasteiger partial charge is 0.282 e. The van der Waals surface area contributed by atoms with E-state index in [-0.39, 0.29) is 12.5 Å². The van der Waals surface area contributed by atoms with Gasteiger partial charge in [0, 0.05) is 32.7 Å². The molecule has 4 rings (SSSR count). The molecule has 7 heteroatoms. The van der Waals surface area contributed by atoms with E-state index in [0.29, 0.717) is 55.2 Å². The van der Waals surface area contributed by atoms with Crippen LogP contribution in [-0.4, -0.2) is 66.1 Å². The number of benzene rings is 2. The first-order valence-corrected chi connectivity index (χ1v) is 10.6. The van der Waals surface area contributed by atoms with Gasteiger partial charge in [-0.25, -0.2) is 9.29 Å². The number of piperazine rings is 1. The number of hydrogen-bond acceptors (Lipinski definition) is 5. The average Bonchev–Trinajstić information content (AvgIpc) is 3.05. The van der Waals surface area contributed by atoms with Crippen molar-refractivity contribution in [3.63, 3.8) is 0 Å². The maximum absolute atomic E-state index is 13.5. The summed E-state index contributed by atoms with van der Waals surface area (Å²) in [6, 6.07) is 13.1. The highest BCUT2D eigenvalue weighted by molar-refractivity contribution is 6.45. The van der Waals surface area contributed by atoms with Gasteiger partial charge in [-0.1, -0.05) is 31.2 Å². The first kappa shape index (κ1) is 21.2. The maximum Gasteiger partial charge on any atom is 0.282 e. The Balaban J connectivity index is 1.71. The molecule has 2 amide bonds. The molecule has 0 bridgehead atoms. The number of nitrogens with zero attached hydrogens (tertiary/aromatic N) is 3. The molecular weight excluding hydrogens is 397 g/mol. The summed E-state index contributed by atoms with van der Waals surface area (Å²) in [6.45, 7) is 5.23. The fourth-order valence-corrected chi connectivity index (χ4v) is 4.14. The lowest BCUT2D eigenvalue weighted by atomic mass is 10.0. The Morgan fingerprint density at radius 3 is 2.13 bits per heavy atom. The summed E-state index contributed by atoms with van der Waals surface area (Å²) in [5, 5.41) is 9.18. The number of carbonyl (C=O) groups is 2. The number of β-amino-alcohol motifs (C(OH)–C–C–N with tert-alkyl or cyclic N) is 1. The van der Waals surface area contributed by atoms with Crippen LogP contribution in [0.2, 0.25) is 0 Å². The van der Waals surface area contributed by atoms with Crippen LogP contribution in [0.25, 0.3) is 5.57 Å². The molecule has 0 radical (unpaired) electrons. The maximum atomic E-state index is 13.5. The second kappa shape index (κ2) is 8.99. The minimum Gasteiger partial charge on any atom is -0.395 e. The first-order chi connectivity index (χ1) is 15.0. The molecule has 1 saturated heterocycles. The molecule has 2 aromatic carbocycles. The molecule has 2 heterocycles. The molecule has 0 atom stereocenters. The standard InChI is InChI=1S/C24H26FN3O3/c1-2-17-3-9-20(10-4-17)28-23(30)21(18-5-7-19(25)8-6-18)22(24(28)31)27-13-11-26(12-14-27)15-16-29/h3-10,29H,2,11-16H2,1H3. The van der Waals surface area contributed by atoms with Gasteiger partial charge in [-0.15, -0.1) is 0 Å². The van der Waals surface area contributed by atoms with Gasteiger partial charge in [-0.3, -0.25) is 14.5 Å². The predicted octanol–water partition coefficient (Wildman–Crippen LogP) is 2.28. The van der Waals surface area contributed by atoms with Crippen LogP contribution in [0.4, 0.5) is 10.1 Å². The lowest BCUT2D eigenvalue weighted by molar-refractivity contribution is -0.120. The summed E-state index contributed by atoms with van der Waals surface area (Å²) in [4.78, 5) is 32.2. The number of carbonyl (C=O) groups excluding carboxylic acids is 2. The SMILES string of the molecule is CCc1ccc(N2C(=O)C(c3ccc(F)cc3)=C(N3CCN(CCO)CC3)C2=O)cc1. The quantitative estimate of drug-likeness (QED) is 0.723. The van der Waals surface area contributed by atoms with E-state index in [2.05, 4.69) is 4.90 Å². The van der Waals surface area contributed by atoms with E-state index in [1.54, 1.807) is 24.3 Å². The molecule has 1 N–H and O–H groups in total. The van der Waals surface area contributed by atoms with Gasteiger partial charge in [-0.2, -0.15) is 0 Å². The predicted molar refractivity (Wildman–Crippen MR) is 117 cm³/mol. The molecule has 6 nitrogen and oxygen atoms in total. The second-order valence-corrected chi connectivity index (χ2v) is 7.75. The normalized spacial score (nSPS) is 17.8. The van der Waals surface area contributed by atoms with Crippen molar-refractivity contribution in [1.82, 2.24) is 9.80 Å². The van der Waals surface area contributed by atoms with Crippen LogP contribution in [0.3, 0.4) is 0 Å². The van der Waals surface area contributed by atoms with E-state index < -0.39 is 11.7 Å². The summed E-state index contributed by atoms with van der Waals surface area (Å²) in [7, 11) is 0. The molecule has 0 aliphatic carbocycles. The Bertz CT molecular complexity index is 994. The highest BCUT2D eigenvalue weighted by Gasteiger charge is 2.43. The molecular formula is C24H26FN3O3. The summed E-state index contributed by atoms with van der Waals surface area (Å²) >= 11 is 0. The van der Waals surface area contributed by atoms with E-state index in [1.165, 1.54) is 17.0 Å². The highest BCUT2D eigenvalue weighted by Crippen LogP contribution is 2.35. The van der Waals surface area contributed by atoms with Gasteiger partial charge >= 0.3 is 0 Å². The Labute approximate surface area is 181 Å². The highest BCUT2D eigenvalue weighted by atomic mass is 19.1. The fourth-order valence-electron chi connectivity index (χ4n) is 4.14. The molecule has 2 aromatic rings. The van der Waals surface area contributed by atoms with Gasteiger partial charge in [0.05, 0.1) is 17.9 Å². The monoisotopic (exact) mass is 423 g/mol. The van der Waals surface area contributed by atoms with Gasteiger partial charge < -0.3 is 10.0 Å². The number of rotatable bonds is 6. The third-order valence-corrected chi connectivity index (χ3v) is 5.90. The summed E-state index contributed by atoms with van der Waals surface area (Å²) in [6.07, 6.45) is 0.866. The van der Waals surface area contributed by atoms with Crippen LogP contribution in [0.15, 0.2) is 54.2 Å². The largest absolute Gasteiger partial charge is 0.395 e. The van der Waals surface area contributed by atoms with E-state index in [4.69, 9.17) is 0 Å². The number of hydrogen-bond donors (Lipinski definition) is 1. The molecule has 0 aromatic heterocycles. The van der Waals surface area contributed by atoms with Crippen molar-refractivity contribution >= 4 is 23.1 Å². The van der Waals surface area contributed by atoms with Crippen LogP contribution in [0, 0.1) is 5.82 Å². The minimum absolute atomic E-state index is 0.0858. The Hall–Kier alpha value is -3.03. The van der Waals surface area contributed by atoms with Gasteiger partial charge in [0.1, 0.15) is 11.5 Å². The van der Waals surface area contributed by atoms with Crippen molar-refractivity contribution in [1.29, 1.82) is 0 Å². The zero-order valence-electron chi connectivity index (χ0n) is 17.6. The van der Waals surface area contributed by atoms with Crippen LogP contribution in [0.1, 0.15) is 18.1 Å². The summed E-state index contributed by atoms with van der Waals surface area (Å²) < 4.78 is 13.5. The van der Waals surface area contributed by atoms with Crippen LogP contribution in [0.5, 0.6) is 0 Å². The topological polar surface area (TPSA) is 64.1 Å². The number of aliphatic hydroxyl groups excluding tert-OH is 1. The average molecular weight is 423 g/mol. The first-order valence-electron chi connectivity index (χ1n) is 10.6. The third-order valence-electron chi connectivity index (χ3n) is 5.90. The number of amides is 2. The fraction of sp³-hybridized carbons (Fsp3) is 0.333. The van der Waals surface area contributed by atoms with Crippen molar-refractivity contribution in [2.24, 2.45) is 0 Å². The zero-order chi connectivity index (χ0) is 22.0. The van der Waals surface area contributed by atoms with Gasteiger partial charge in [-0.05, 0) is 41.8 Å². The Kier molecular flexibility index (Phi) is 6.15. The van der Waals surface area contributed by atoms with Crippen molar-refractivity contribution in [2.75, 3.05) is 44.2 Å². The Morgan fingerprint density at radius 2 is 1.55 bits per heavy atom. The molecule has 2 aliphatic rings. The Morgan fingerprint density at radius 1 is 0.903 bits per heavy atom. The van der Waals surface area contributed by atoms with Gasteiger partial charge in [0.2, 0.25) is 0 Å². The molecule has 1 fully saturated rings. The molecule has 31 heavy (non-hydrogen) atoms. The zero-order valence-corrected chi connectivity index (χ0v) is 17.6. The molecule has 0 spiro atoms. The van der Waals surface area contributed by atoms with Crippen LogP contribution < -0.4 is 4.90 Å². The summed E-state index contributed by atoms with van der Waals surface area (Å²) in [5.41, 5.74) is 2.84. The number of imide groups is 1. The molecule has 162 valence electrons. The van der Waals surface area contributed by atoms with Gasteiger partial charge in [0.25, 0.3) is 11.8 Å². The van der Waals surface area contributed by atoms with Crippen molar-refractivity contribution < 1.29 is 19.1 Å². The number of halogens is 1. The lowest BCUT2D eigenvalue weighted by Gasteiger charge is -2.36. The molecule has 2 aliphatic heterocycles. The van der Waals surface area contributed by atoms with Crippen molar-refractivity contribution in [3.8, 4) is 0 Å². The van der Waals surface area contributed by atoms with Crippen LogP contribution >= 0.6 is 0 Å². The van der Waals surface area contributed by atoms with Gasteiger partial charge in [0.15, 0.2) is 0 Å². The van der Waals surface area contributed by atoms with Crippen LogP contribution in [-0.2, 0) is 16.0 Å². The third kappa shape index (κ3) is 4.11. The molecule has 0 unspecified atom stereocenters. The van der Waals surface area contributed by atoms with Crippen molar-refractivity contribution in [2.45, 2.75) is 13.3 Å². The summed E-state index contributed by atoms with van der Waals surface area (Å²) in [5.74, 6) is -1.15. The number of aryl methyl sites for hydroxylation is 1. The number of anilines is 1. The second-order valence-electron chi connectivity index (χ2n) is 7.75. The van der Waals surface area contributed by atoms with E-state index in [1.807, 2.05) is 24.0 Å².